The molecule has 1 saturated carbocycles. The lowest BCUT2D eigenvalue weighted by Gasteiger charge is -2.41. The Morgan fingerprint density at radius 1 is 1.27 bits per heavy atom. The van der Waals surface area contributed by atoms with Gasteiger partial charge in [-0.15, -0.1) is 0 Å². The minimum atomic E-state index is -2.41. The minimum absolute atomic E-state index is 0.0610. The average Bonchev–Trinajstić information content (AvgIpc) is 2.46. The Bertz CT molecular complexity index is 495. The first-order valence-electron chi connectivity index (χ1n) is 7.73. The summed E-state index contributed by atoms with van der Waals surface area (Å²) in [6.07, 6.45) is 5.34. The molecule has 1 aliphatic carbocycles. The van der Waals surface area contributed by atoms with Gasteiger partial charge >= 0.3 is 0 Å². The van der Waals surface area contributed by atoms with Crippen molar-refractivity contribution in [2.75, 3.05) is 31.6 Å². The van der Waals surface area contributed by atoms with E-state index in [2.05, 4.69) is 19.8 Å². The van der Waals surface area contributed by atoms with Gasteiger partial charge in [-0.2, -0.15) is 0 Å². The van der Waals surface area contributed by atoms with Crippen LogP contribution in [0.4, 0.5) is 14.7 Å². The van der Waals surface area contributed by atoms with Crippen molar-refractivity contribution in [1.82, 2.24) is 14.9 Å². The van der Waals surface area contributed by atoms with Crippen LogP contribution in [0.3, 0.4) is 0 Å². The van der Waals surface area contributed by atoms with E-state index in [9.17, 15) is 8.78 Å². The fourth-order valence-electron chi connectivity index (χ4n) is 3.42. The summed E-state index contributed by atoms with van der Waals surface area (Å²) in [5.74, 6) is -1.56. The predicted molar refractivity (Wildman–Crippen MR) is 82.6 cm³/mol. The van der Waals surface area contributed by atoms with Crippen molar-refractivity contribution in [1.29, 1.82) is 0 Å². The molecular weight excluding hydrogens is 310 g/mol. The molecule has 2 aliphatic rings. The Hall–Kier alpha value is -1.01. The third-order valence-electron chi connectivity index (χ3n) is 4.72. The van der Waals surface area contributed by atoms with Gasteiger partial charge in [-0.05, 0) is 18.8 Å². The molecule has 22 heavy (non-hydrogen) atoms. The van der Waals surface area contributed by atoms with Gasteiger partial charge < -0.3 is 9.80 Å². The molecule has 7 heteroatoms. The topological polar surface area (TPSA) is 32.3 Å². The van der Waals surface area contributed by atoms with Gasteiger partial charge in [0.1, 0.15) is 0 Å². The molecule has 0 amide bonds. The first kappa shape index (κ1) is 15.9. The summed E-state index contributed by atoms with van der Waals surface area (Å²) < 4.78 is 25.8. The van der Waals surface area contributed by atoms with Gasteiger partial charge in [0.15, 0.2) is 0 Å². The Balaban J connectivity index is 1.46. The molecule has 3 rings (SSSR count). The van der Waals surface area contributed by atoms with Crippen LogP contribution in [0.25, 0.3) is 0 Å². The van der Waals surface area contributed by atoms with Crippen molar-refractivity contribution in [2.24, 2.45) is 5.92 Å². The number of halogens is 3. The molecule has 0 radical (unpaired) electrons. The molecule has 1 aliphatic heterocycles. The van der Waals surface area contributed by atoms with Gasteiger partial charge in [0, 0.05) is 45.6 Å². The maximum absolute atomic E-state index is 12.9. The Morgan fingerprint density at radius 2 is 1.86 bits per heavy atom. The first-order valence-corrected chi connectivity index (χ1v) is 8.11. The Kier molecular flexibility index (Phi) is 4.50. The van der Waals surface area contributed by atoms with Crippen LogP contribution in [-0.4, -0.2) is 53.5 Å². The van der Waals surface area contributed by atoms with Gasteiger partial charge in [0.25, 0.3) is 0 Å². The molecule has 2 fully saturated rings. The number of aromatic nitrogens is 2. The number of anilines is 1. The highest BCUT2D eigenvalue weighted by Gasteiger charge is 2.45. The monoisotopic (exact) mass is 330 g/mol. The van der Waals surface area contributed by atoms with Crippen molar-refractivity contribution in [3.63, 3.8) is 0 Å². The van der Waals surface area contributed by atoms with Crippen LogP contribution < -0.4 is 4.90 Å². The SMILES string of the molecule is CN(c1ncc(Cl)cn1)C1CCN(CC2CC(F)(F)C2)CC1. The molecule has 1 aromatic rings. The van der Waals surface area contributed by atoms with Crippen molar-refractivity contribution >= 4 is 17.5 Å². The maximum atomic E-state index is 12.9. The lowest BCUT2D eigenvalue weighted by molar-refractivity contribution is -0.117. The molecule has 0 N–H and O–H groups in total. The van der Waals surface area contributed by atoms with Crippen molar-refractivity contribution in [3.05, 3.63) is 17.4 Å². The summed E-state index contributed by atoms with van der Waals surface area (Å²) in [5.41, 5.74) is 0. The van der Waals surface area contributed by atoms with Gasteiger partial charge in [-0.25, -0.2) is 18.7 Å². The number of nitrogens with zero attached hydrogens (tertiary/aromatic N) is 4. The molecule has 0 aromatic carbocycles. The lowest BCUT2D eigenvalue weighted by Crippen LogP contribution is -2.48. The summed E-state index contributed by atoms with van der Waals surface area (Å²) in [6, 6.07) is 0.389. The van der Waals surface area contributed by atoms with Gasteiger partial charge in [0.05, 0.1) is 17.4 Å². The number of alkyl halides is 2. The van der Waals surface area contributed by atoms with E-state index in [-0.39, 0.29) is 18.8 Å². The van der Waals surface area contributed by atoms with Crippen LogP contribution >= 0.6 is 11.6 Å². The Morgan fingerprint density at radius 3 is 2.41 bits per heavy atom. The van der Waals surface area contributed by atoms with Crippen molar-refractivity contribution in [2.45, 2.75) is 37.6 Å². The van der Waals surface area contributed by atoms with E-state index < -0.39 is 5.92 Å². The standard InChI is InChI=1S/C15H21ClF2N4/c1-21(14-19-8-12(16)9-20-14)13-2-4-22(5-3-13)10-11-6-15(17,18)7-11/h8-9,11,13H,2-7,10H2,1H3. The number of likely N-dealkylation sites (tertiary alicyclic amines) is 1. The quantitative estimate of drug-likeness (QED) is 0.849. The van der Waals surface area contributed by atoms with Crippen LogP contribution in [0, 0.1) is 5.92 Å². The normalized spacial score (nSPS) is 23.3. The molecule has 122 valence electrons. The average molecular weight is 331 g/mol. The van der Waals surface area contributed by atoms with Crippen LogP contribution in [-0.2, 0) is 0 Å². The lowest BCUT2D eigenvalue weighted by atomic mass is 9.80. The number of rotatable bonds is 4. The van der Waals surface area contributed by atoms with Crippen LogP contribution in [0.2, 0.25) is 5.02 Å². The highest BCUT2D eigenvalue weighted by Crippen LogP contribution is 2.42. The zero-order chi connectivity index (χ0) is 15.7. The number of hydrogen-bond donors (Lipinski definition) is 0. The molecule has 1 saturated heterocycles. The van der Waals surface area contributed by atoms with E-state index in [1.54, 1.807) is 12.4 Å². The summed E-state index contributed by atoms with van der Waals surface area (Å²) in [4.78, 5) is 12.9. The third kappa shape index (κ3) is 3.66. The second-order valence-corrected chi connectivity index (χ2v) is 6.91. The van der Waals surface area contributed by atoms with Gasteiger partial charge in [0.2, 0.25) is 11.9 Å². The molecule has 0 bridgehead atoms. The fraction of sp³-hybridized carbons (Fsp3) is 0.733. The summed E-state index contributed by atoms with van der Waals surface area (Å²) in [5, 5.41) is 0.532. The molecule has 0 atom stereocenters. The summed E-state index contributed by atoms with van der Waals surface area (Å²) in [6.45, 7) is 2.71. The van der Waals surface area contributed by atoms with Crippen LogP contribution in [0.1, 0.15) is 25.7 Å². The smallest absolute Gasteiger partial charge is 0.248 e. The van der Waals surface area contributed by atoms with E-state index in [1.807, 2.05) is 7.05 Å². The molecule has 4 nitrogen and oxygen atoms in total. The summed E-state index contributed by atoms with van der Waals surface area (Å²) >= 11 is 5.81. The van der Waals surface area contributed by atoms with E-state index in [0.717, 1.165) is 32.5 Å². The van der Waals surface area contributed by atoms with Crippen molar-refractivity contribution in [3.8, 4) is 0 Å². The first-order chi connectivity index (χ1) is 10.4. The molecule has 0 spiro atoms. The van der Waals surface area contributed by atoms with E-state index >= 15 is 0 Å². The Labute approximate surface area is 134 Å². The minimum Gasteiger partial charge on any atom is -0.341 e. The zero-order valence-corrected chi connectivity index (χ0v) is 13.4. The molecular formula is C15H21ClF2N4. The molecule has 2 heterocycles. The van der Waals surface area contributed by atoms with E-state index in [0.29, 0.717) is 17.0 Å². The number of piperidine rings is 1. The van der Waals surface area contributed by atoms with Crippen LogP contribution in [0.15, 0.2) is 12.4 Å². The largest absolute Gasteiger partial charge is 0.341 e. The predicted octanol–water partition coefficient (Wildman–Crippen LogP) is 3.08. The van der Waals surface area contributed by atoms with Crippen LogP contribution in [0.5, 0.6) is 0 Å². The van der Waals surface area contributed by atoms with Gasteiger partial charge in [-0.3, -0.25) is 0 Å². The highest BCUT2D eigenvalue weighted by atomic mass is 35.5. The fourth-order valence-corrected chi connectivity index (χ4v) is 3.52. The van der Waals surface area contributed by atoms with E-state index in [1.165, 1.54) is 0 Å². The van der Waals surface area contributed by atoms with E-state index in [4.69, 9.17) is 11.6 Å². The second kappa shape index (κ2) is 6.24. The van der Waals surface area contributed by atoms with Gasteiger partial charge in [-0.1, -0.05) is 11.6 Å². The maximum Gasteiger partial charge on any atom is 0.248 e. The highest BCUT2D eigenvalue weighted by molar-refractivity contribution is 6.30. The summed E-state index contributed by atoms with van der Waals surface area (Å²) in [7, 11) is 2.00. The molecule has 1 aromatic heterocycles. The molecule has 0 unspecified atom stereocenters. The second-order valence-electron chi connectivity index (χ2n) is 6.47. The number of hydrogen-bond acceptors (Lipinski definition) is 4. The van der Waals surface area contributed by atoms with Crippen molar-refractivity contribution < 1.29 is 8.78 Å². The third-order valence-corrected chi connectivity index (χ3v) is 4.91. The zero-order valence-electron chi connectivity index (χ0n) is 12.7.